The molecule has 0 spiro atoms. The lowest BCUT2D eigenvalue weighted by molar-refractivity contribution is 0.604. The Labute approximate surface area is 94.9 Å². The van der Waals surface area contributed by atoms with Crippen molar-refractivity contribution < 1.29 is 0 Å². The summed E-state index contributed by atoms with van der Waals surface area (Å²) in [6, 6.07) is 2.45. The molecule has 2 heterocycles. The Bertz CT molecular complexity index is 433. The van der Waals surface area contributed by atoms with E-state index in [4.69, 9.17) is 0 Å². The maximum absolute atomic E-state index is 4.12. The maximum Gasteiger partial charge on any atom is 0.164 e. The normalized spacial score (nSPS) is 11.1. The van der Waals surface area contributed by atoms with Gasteiger partial charge in [-0.15, -0.1) is 21.5 Å². The molecule has 0 atom stereocenters. The summed E-state index contributed by atoms with van der Waals surface area (Å²) >= 11 is 5.10. The SMILES string of the molecule is CC(C)n1cnnc1-c1csc(Br)c1. The van der Waals surface area contributed by atoms with Gasteiger partial charge in [0, 0.05) is 17.0 Å². The van der Waals surface area contributed by atoms with Gasteiger partial charge in [-0.3, -0.25) is 0 Å². The first-order chi connectivity index (χ1) is 6.68. The maximum atomic E-state index is 4.12. The number of thiophene rings is 1. The van der Waals surface area contributed by atoms with Crippen molar-refractivity contribution in [2.24, 2.45) is 0 Å². The number of rotatable bonds is 2. The van der Waals surface area contributed by atoms with E-state index >= 15 is 0 Å². The van der Waals surface area contributed by atoms with Gasteiger partial charge in [-0.25, -0.2) is 0 Å². The summed E-state index contributed by atoms with van der Waals surface area (Å²) in [6.45, 7) is 4.24. The van der Waals surface area contributed by atoms with Crippen molar-refractivity contribution in [3.63, 3.8) is 0 Å². The van der Waals surface area contributed by atoms with E-state index in [1.165, 1.54) is 0 Å². The molecule has 0 unspecified atom stereocenters. The number of hydrogen-bond acceptors (Lipinski definition) is 3. The van der Waals surface area contributed by atoms with Crippen molar-refractivity contribution in [3.8, 4) is 11.4 Å². The first kappa shape index (κ1) is 9.86. The first-order valence-corrected chi connectivity index (χ1v) is 5.99. The molecular weight excluding hydrogens is 262 g/mol. The smallest absolute Gasteiger partial charge is 0.164 e. The lowest BCUT2D eigenvalue weighted by Crippen LogP contribution is -2.00. The summed E-state index contributed by atoms with van der Waals surface area (Å²) in [4.78, 5) is 0. The van der Waals surface area contributed by atoms with Gasteiger partial charge in [-0.05, 0) is 35.8 Å². The van der Waals surface area contributed by atoms with Crippen LogP contribution in [0.3, 0.4) is 0 Å². The molecule has 0 saturated carbocycles. The summed E-state index contributed by atoms with van der Waals surface area (Å²) in [5.74, 6) is 0.932. The third kappa shape index (κ3) is 1.74. The molecule has 2 aromatic heterocycles. The molecular formula is C9H10BrN3S. The zero-order valence-corrected chi connectivity index (χ0v) is 10.3. The highest BCUT2D eigenvalue weighted by molar-refractivity contribution is 9.11. The molecule has 14 heavy (non-hydrogen) atoms. The van der Waals surface area contributed by atoms with Crippen LogP contribution >= 0.6 is 27.3 Å². The van der Waals surface area contributed by atoms with Crippen LogP contribution in [-0.4, -0.2) is 14.8 Å². The van der Waals surface area contributed by atoms with Crippen LogP contribution in [0.4, 0.5) is 0 Å². The van der Waals surface area contributed by atoms with Crippen LogP contribution in [-0.2, 0) is 0 Å². The summed E-state index contributed by atoms with van der Waals surface area (Å²) in [6.07, 6.45) is 1.77. The Kier molecular flexibility index (Phi) is 2.69. The highest BCUT2D eigenvalue weighted by Gasteiger charge is 2.10. The summed E-state index contributed by atoms with van der Waals surface area (Å²) < 4.78 is 3.18. The molecule has 0 aliphatic rings. The summed E-state index contributed by atoms with van der Waals surface area (Å²) in [5.41, 5.74) is 1.12. The quantitative estimate of drug-likeness (QED) is 0.839. The van der Waals surface area contributed by atoms with E-state index in [0.717, 1.165) is 15.2 Å². The molecule has 2 aromatic rings. The molecule has 0 aliphatic heterocycles. The Hall–Kier alpha value is -0.680. The highest BCUT2D eigenvalue weighted by atomic mass is 79.9. The lowest BCUT2D eigenvalue weighted by Gasteiger charge is -2.08. The van der Waals surface area contributed by atoms with Gasteiger partial charge >= 0.3 is 0 Å². The second-order valence-electron chi connectivity index (χ2n) is 3.30. The van der Waals surface area contributed by atoms with Crippen molar-refractivity contribution in [1.82, 2.24) is 14.8 Å². The molecule has 0 bridgehead atoms. The van der Waals surface area contributed by atoms with Crippen molar-refractivity contribution in [1.29, 1.82) is 0 Å². The topological polar surface area (TPSA) is 30.7 Å². The lowest BCUT2D eigenvalue weighted by atomic mass is 10.3. The first-order valence-electron chi connectivity index (χ1n) is 4.32. The molecule has 2 rings (SSSR count). The second-order valence-corrected chi connectivity index (χ2v) is 5.59. The molecule has 0 fully saturated rings. The van der Waals surface area contributed by atoms with E-state index in [1.54, 1.807) is 17.7 Å². The third-order valence-corrected chi connectivity index (χ3v) is 3.46. The fourth-order valence-electron chi connectivity index (χ4n) is 1.25. The van der Waals surface area contributed by atoms with E-state index in [-0.39, 0.29) is 0 Å². The fraction of sp³-hybridized carbons (Fsp3) is 0.333. The Morgan fingerprint density at radius 1 is 1.50 bits per heavy atom. The predicted octanol–water partition coefficient (Wildman–Crippen LogP) is 3.35. The van der Waals surface area contributed by atoms with Gasteiger partial charge in [0.15, 0.2) is 5.82 Å². The molecule has 3 nitrogen and oxygen atoms in total. The molecule has 0 N–H and O–H groups in total. The van der Waals surface area contributed by atoms with Crippen LogP contribution in [0.2, 0.25) is 0 Å². The zero-order valence-electron chi connectivity index (χ0n) is 7.94. The standard InChI is InChI=1S/C9H10BrN3S/c1-6(2)13-5-11-12-9(13)7-3-8(10)14-4-7/h3-6H,1-2H3. The van der Waals surface area contributed by atoms with E-state index in [1.807, 2.05) is 0 Å². The van der Waals surface area contributed by atoms with Crippen molar-refractivity contribution in [2.45, 2.75) is 19.9 Å². The summed E-state index contributed by atoms with van der Waals surface area (Å²) in [7, 11) is 0. The minimum Gasteiger partial charge on any atom is -0.311 e. The predicted molar refractivity (Wildman–Crippen MR) is 61.4 cm³/mol. The van der Waals surface area contributed by atoms with Gasteiger partial charge < -0.3 is 4.57 Å². The van der Waals surface area contributed by atoms with E-state index in [9.17, 15) is 0 Å². The second kappa shape index (κ2) is 3.82. The number of aromatic nitrogens is 3. The molecule has 74 valence electrons. The minimum absolute atomic E-state index is 0.388. The van der Waals surface area contributed by atoms with E-state index < -0.39 is 0 Å². The van der Waals surface area contributed by atoms with Crippen LogP contribution in [0.5, 0.6) is 0 Å². The average Bonchev–Trinajstić information content (AvgIpc) is 2.70. The minimum atomic E-state index is 0.388. The Morgan fingerprint density at radius 2 is 2.29 bits per heavy atom. The van der Waals surface area contributed by atoms with Gasteiger partial charge in [0.25, 0.3) is 0 Å². The number of nitrogens with zero attached hydrogens (tertiary/aromatic N) is 3. The summed E-state index contributed by atoms with van der Waals surface area (Å²) in [5, 5.41) is 10.1. The largest absolute Gasteiger partial charge is 0.311 e. The Morgan fingerprint density at radius 3 is 2.86 bits per heavy atom. The van der Waals surface area contributed by atoms with Gasteiger partial charge in [-0.1, -0.05) is 0 Å². The average molecular weight is 272 g/mol. The molecule has 0 aromatic carbocycles. The van der Waals surface area contributed by atoms with Crippen LogP contribution in [0, 0.1) is 0 Å². The van der Waals surface area contributed by atoms with Gasteiger partial charge in [0.1, 0.15) is 6.33 Å². The number of hydrogen-bond donors (Lipinski definition) is 0. The number of halogens is 1. The molecule has 0 amide bonds. The van der Waals surface area contributed by atoms with Crippen LogP contribution in [0.25, 0.3) is 11.4 Å². The van der Waals surface area contributed by atoms with Crippen LogP contribution in [0.15, 0.2) is 21.6 Å². The highest BCUT2D eigenvalue weighted by Crippen LogP contribution is 2.28. The van der Waals surface area contributed by atoms with Crippen LogP contribution in [0.1, 0.15) is 19.9 Å². The van der Waals surface area contributed by atoms with Gasteiger partial charge in [-0.2, -0.15) is 0 Å². The molecule has 0 radical (unpaired) electrons. The monoisotopic (exact) mass is 271 g/mol. The van der Waals surface area contributed by atoms with Gasteiger partial charge in [0.05, 0.1) is 3.79 Å². The fourth-order valence-corrected chi connectivity index (χ4v) is 2.39. The van der Waals surface area contributed by atoms with Crippen molar-refractivity contribution in [3.05, 3.63) is 21.6 Å². The van der Waals surface area contributed by atoms with Crippen molar-refractivity contribution >= 4 is 27.3 Å². The molecule has 0 aliphatic carbocycles. The van der Waals surface area contributed by atoms with E-state index in [0.29, 0.717) is 6.04 Å². The zero-order chi connectivity index (χ0) is 10.1. The van der Waals surface area contributed by atoms with E-state index in [2.05, 4.69) is 56.0 Å². The van der Waals surface area contributed by atoms with Gasteiger partial charge in [0.2, 0.25) is 0 Å². The van der Waals surface area contributed by atoms with Crippen molar-refractivity contribution in [2.75, 3.05) is 0 Å². The third-order valence-electron chi connectivity index (χ3n) is 1.96. The van der Waals surface area contributed by atoms with Crippen LogP contribution < -0.4 is 0 Å². The Balaban J connectivity index is 2.46. The molecule has 5 heteroatoms. The molecule has 0 saturated heterocycles.